The zero-order chi connectivity index (χ0) is 43.4. The standard InChI is InChI=1S/C46H86O12S/c1-3-5-7-9-11-13-15-17-18-19-20-21-23-24-26-28-30-32-34-41(47)55-36-39(37-56-46-45(51)44(50)43(49)40(58-46)38-59(52,53)54)57-42(48)35-33-31-29-27-25-22-16-14-12-10-8-6-4-2/h14,16,39-40,43-46,49-51H,3-13,15,17-38H2,1-2H3,(H,52,53,54)/b16-14-. The van der Waals surface area contributed by atoms with Gasteiger partial charge in [-0.25, -0.2) is 0 Å². The molecule has 0 spiro atoms. The van der Waals surface area contributed by atoms with E-state index >= 15 is 0 Å². The highest BCUT2D eigenvalue weighted by atomic mass is 32.2. The number of esters is 2. The fourth-order valence-electron chi connectivity index (χ4n) is 7.38. The molecule has 59 heavy (non-hydrogen) atoms. The number of hydrogen-bond acceptors (Lipinski definition) is 11. The molecule has 12 nitrogen and oxygen atoms in total. The van der Waals surface area contributed by atoms with E-state index in [4.69, 9.17) is 18.9 Å². The Morgan fingerprint density at radius 3 is 1.42 bits per heavy atom. The summed E-state index contributed by atoms with van der Waals surface area (Å²) < 4.78 is 54.1. The molecule has 6 unspecified atom stereocenters. The van der Waals surface area contributed by atoms with Crippen molar-refractivity contribution in [1.82, 2.24) is 0 Å². The molecule has 1 saturated heterocycles. The predicted octanol–water partition coefficient (Wildman–Crippen LogP) is 9.84. The molecule has 1 rings (SSSR count). The van der Waals surface area contributed by atoms with Crippen molar-refractivity contribution in [2.75, 3.05) is 19.0 Å². The maximum absolute atomic E-state index is 12.8. The van der Waals surface area contributed by atoms with Crippen LogP contribution in [0.15, 0.2) is 12.2 Å². The Morgan fingerprint density at radius 1 is 0.559 bits per heavy atom. The van der Waals surface area contributed by atoms with Crippen LogP contribution in [-0.4, -0.2) is 96.0 Å². The molecule has 0 saturated carbocycles. The van der Waals surface area contributed by atoms with Gasteiger partial charge in [-0.15, -0.1) is 0 Å². The topological polar surface area (TPSA) is 186 Å². The average molecular weight is 863 g/mol. The molecular formula is C46H86O12S. The highest BCUT2D eigenvalue weighted by Crippen LogP contribution is 2.24. The molecular weight excluding hydrogens is 777 g/mol. The van der Waals surface area contributed by atoms with Crippen LogP contribution < -0.4 is 0 Å². The Labute approximate surface area is 358 Å². The van der Waals surface area contributed by atoms with Crippen LogP contribution in [0.5, 0.6) is 0 Å². The lowest BCUT2D eigenvalue weighted by molar-refractivity contribution is -0.297. The smallest absolute Gasteiger partial charge is 0.306 e. The molecule has 13 heteroatoms. The van der Waals surface area contributed by atoms with Gasteiger partial charge in [0.1, 0.15) is 36.8 Å². The predicted molar refractivity (Wildman–Crippen MR) is 234 cm³/mol. The zero-order valence-corrected chi connectivity index (χ0v) is 37.9. The molecule has 0 aromatic heterocycles. The summed E-state index contributed by atoms with van der Waals surface area (Å²) in [6.07, 6.45) is 29.7. The second-order valence-corrected chi connectivity index (χ2v) is 18.3. The van der Waals surface area contributed by atoms with Crippen LogP contribution in [-0.2, 0) is 38.7 Å². The number of unbranched alkanes of at least 4 members (excludes halogenated alkanes) is 26. The first-order valence-electron chi connectivity index (χ1n) is 23.7. The maximum Gasteiger partial charge on any atom is 0.306 e. The van der Waals surface area contributed by atoms with Crippen LogP contribution >= 0.6 is 0 Å². The molecule has 0 aromatic rings. The van der Waals surface area contributed by atoms with Gasteiger partial charge < -0.3 is 34.3 Å². The SMILES string of the molecule is CCCCCC/C=C\CCCCCCCC(=O)OC(COC(=O)CCCCCCCCCCCCCCCCCCCC)COC1OC(CS(=O)(=O)O)C(O)C(O)C1O. The fourth-order valence-corrected chi connectivity index (χ4v) is 8.07. The number of rotatable bonds is 40. The summed E-state index contributed by atoms with van der Waals surface area (Å²) in [6, 6.07) is 0. The lowest BCUT2D eigenvalue weighted by Gasteiger charge is -2.40. The summed E-state index contributed by atoms with van der Waals surface area (Å²) >= 11 is 0. The Bertz CT molecular complexity index is 1150. The normalized spacial score (nSPS) is 20.3. The van der Waals surface area contributed by atoms with Crippen LogP contribution in [0.4, 0.5) is 0 Å². The summed E-state index contributed by atoms with van der Waals surface area (Å²) in [4.78, 5) is 25.4. The number of aliphatic hydroxyl groups is 3. The van der Waals surface area contributed by atoms with Gasteiger partial charge >= 0.3 is 11.9 Å². The number of carbonyl (C=O) groups excluding carboxylic acids is 2. The number of ether oxygens (including phenoxy) is 4. The third-order valence-electron chi connectivity index (χ3n) is 11.1. The first-order chi connectivity index (χ1) is 28.5. The van der Waals surface area contributed by atoms with Gasteiger partial charge in [0.15, 0.2) is 12.4 Å². The van der Waals surface area contributed by atoms with E-state index in [-0.39, 0.29) is 19.4 Å². The Morgan fingerprint density at radius 2 is 0.966 bits per heavy atom. The summed E-state index contributed by atoms with van der Waals surface area (Å²) in [5.74, 6) is -1.98. The summed E-state index contributed by atoms with van der Waals surface area (Å²) in [7, 11) is -4.60. The van der Waals surface area contributed by atoms with E-state index in [0.29, 0.717) is 12.8 Å². The molecule has 0 amide bonds. The van der Waals surface area contributed by atoms with Crippen molar-refractivity contribution < 1.29 is 56.8 Å². The van der Waals surface area contributed by atoms with Crippen molar-refractivity contribution in [3.05, 3.63) is 12.2 Å². The van der Waals surface area contributed by atoms with E-state index in [1.807, 2.05) is 0 Å². The number of aliphatic hydroxyl groups excluding tert-OH is 3. The summed E-state index contributed by atoms with van der Waals surface area (Å²) in [5.41, 5.74) is 0. The van der Waals surface area contributed by atoms with Crippen molar-refractivity contribution in [3.8, 4) is 0 Å². The van der Waals surface area contributed by atoms with Gasteiger partial charge in [-0.1, -0.05) is 174 Å². The van der Waals surface area contributed by atoms with Gasteiger partial charge in [-0.2, -0.15) is 8.42 Å². The average Bonchev–Trinajstić information content (AvgIpc) is 3.20. The van der Waals surface area contributed by atoms with Crippen molar-refractivity contribution in [2.24, 2.45) is 0 Å². The Balaban J connectivity index is 2.40. The van der Waals surface area contributed by atoms with Gasteiger partial charge in [-0.3, -0.25) is 14.1 Å². The molecule has 0 radical (unpaired) electrons. The van der Waals surface area contributed by atoms with E-state index < -0.39 is 71.2 Å². The van der Waals surface area contributed by atoms with E-state index in [1.54, 1.807) is 0 Å². The quantitative estimate of drug-likeness (QED) is 0.0198. The lowest BCUT2D eigenvalue weighted by atomic mass is 10.00. The van der Waals surface area contributed by atoms with Crippen LogP contribution in [0.3, 0.4) is 0 Å². The van der Waals surface area contributed by atoms with Gasteiger partial charge in [-0.05, 0) is 38.5 Å². The first kappa shape index (κ1) is 55.4. The monoisotopic (exact) mass is 863 g/mol. The third kappa shape index (κ3) is 31.8. The first-order valence-corrected chi connectivity index (χ1v) is 25.4. The number of hydrogen-bond donors (Lipinski definition) is 4. The van der Waals surface area contributed by atoms with Gasteiger partial charge in [0, 0.05) is 12.8 Å². The second-order valence-electron chi connectivity index (χ2n) is 16.8. The molecule has 1 aliphatic rings. The number of allylic oxidation sites excluding steroid dienone is 2. The van der Waals surface area contributed by atoms with E-state index in [9.17, 15) is 37.9 Å². The molecule has 4 N–H and O–H groups in total. The summed E-state index contributed by atoms with van der Waals surface area (Å²) in [6.45, 7) is 3.76. The van der Waals surface area contributed by atoms with E-state index in [1.165, 1.54) is 116 Å². The second kappa shape index (κ2) is 37.0. The van der Waals surface area contributed by atoms with Crippen LogP contribution in [0.1, 0.15) is 213 Å². The van der Waals surface area contributed by atoms with Crippen LogP contribution in [0.25, 0.3) is 0 Å². The molecule has 1 fully saturated rings. The van der Waals surface area contributed by atoms with Crippen molar-refractivity contribution >= 4 is 22.1 Å². The summed E-state index contributed by atoms with van der Waals surface area (Å²) in [5, 5.41) is 30.9. The highest BCUT2D eigenvalue weighted by molar-refractivity contribution is 7.85. The molecule has 0 bridgehead atoms. The van der Waals surface area contributed by atoms with Gasteiger partial charge in [0.25, 0.3) is 10.1 Å². The van der Waals surface area contributed by atoms with E-state index in [0.717, 1.165) is 57.8 Å². The number of carbonyl (C=O) groups is 2. The van der Waals surface area contributed by atoms with Crippen LogP contribution in [0.2, 0.25) is 0 Å². The lowest BCUT2D eigenvalue weighted by Crippen LogP contribution is -2.60. The molecule has 1 aliphatic heterocycles. The minimum atomic E-state index is -4.60. The minimum Gasteiger partial charge on any atom is -0.462 e. The van der Waals surface area contributed by atoms with Gasteiger partial charge in [0.2, 0.25) is 0 Å². The third-order valence-corrected chi connectivity index (χ3v) is 11.8. The maximum atomic E-state index is 12.8. The highest BCUT2D eigenvalue weighted by Gasteiger charge is 2.46. The Hall–Kier alpha value is -1.61. The van der Waals surface area contributed by atoms with E-state index in [2.05, 4.69) is 26.0 Å². The Kier molecular flexibility index (Phi) is 34.7. The van der Waals surface area contributed by atoms with Crippen LogP contribution in [0, 0.1) is 0 Å². The van der Waals surface area contributed by atoms with Crippen molar-refractivity contribution in [2.45, 2.75) is 250 Å². The fraction of sp³-hybridized carbons (Fsp3) is 0.913. The van der Waals surface area contributed by atoms with Crippen molar-refractivity contribution in [1.29, 1.82) is 0 Å². The molecule has 0 aliphatic carbocycles. The minimum absolute atomic E-state index is 0.158. The molecule has 0 aromatic carbocycles. The molecule has 6 atom stereocenters. The van der Waals surface area contributed by atoms with Gasteiger partial charge in [0.05, 0.1) is 6.61 Å². The van der Waals surface area contributed by atoms with Crippen molar-refractivity contribution in [3.63, 3.8) is 0 Å². The zero-order valence-electron chi connectivity index (χ0n) is 37.1. The molecule has 348 valence electrons. The molecule has 1 heterocycles. The largest absolute Gasteiger partial charge is 0.462 e.